The summed E-state index contributed by atoms with van der Waals surface area (Å²) in [6.07, 6.45) is 1.40. The van der Waals surface area contributed by atoms with Gasteiger partial charge in [-0.2, -0.15) is 10.4 Å². The Morgan fingerprint density at radius 3 is 2.63 bits per heavy atom. The van der Waals surface area contributed by atoms with Crippen LogP contribution in [0, 0.1) is 11.3 Å². The molecule has 4 aromatic rings. The summed E-state index contributed by atoms with van der Waals surface area (Å²) in [7, 11) is 0. The predicted octanol–water partition coefficient (Wildman–Crippen LogP) is 4.82. The lowest BCUT2D eigenvalue weighted by atomic mass is 10.3. The molecular formula is C22H15ClN4O3. The molecule has 1 amide bonds. The van der Waals surface area contributed by atoms with Gasteiger partial charge in [0.2, 0.25) is 0 Å². The number of nitriles is 1. The second-order valence-electron chi connectivity index (χ2n) is 6.23. The third-order valence-electron chi connectivity index (χ3n) is 4.20. The number of benzene rings is 2. The van der Waals surface area contributed by atoms with Gasteiger partial charge in [-0.05, 0) is 48.5 Å². The van der Waals surface area contributed by atoms with Gasteiger partial charge in [-0.25, -0.2) is 4.68 Å². The van der Waals surface area contributed by atoms with Crippen molar-refractivity contribution in [2.45, 2.75) is 6.61 Å². The first kappa shape index (κ1) is 19.3. The van der Waals surface area contributed by atoms with Crippen molar-refractivity contribution in [1.29, 1.82) is 5.26 Å². The summed E-state index contributed by atoms with van der Waals surface area (Å²) >= 11 is 5.85. The number of hydrogen-bond acceptors (Lipinski definition) is 5. The number of ether oxygens (including phenoxy) is 1. The summed E-state index contributed by atoms with van der Waals surface area (Å²) < 4.78 is 12.7. The minimum absolute atomic E-state index is 0.0920. The first-order valence-corrected chi connectivity index (χ1v) is 9.34. The van der Waals surface area contributed by atoms with Gasteiger partial charge in [-0.15, -0.1) is 0 Å². The molecule has 0 spiro atoms. The van der Waals surface area contributed by atoms with E-state index in [2.05, 4.69) is 10.4 Å². The van der Waals surface area contributed by atoms with E-state index < -0.39 is 5.91 Å². The van der Waals surface area contributed by atoms with E-state index in [1.165, 1.54) is 10.9 Å². The van der Waals surface area contributed by atoms with Gasteiger partial charge in [0.05, 0.1) is 11.9 Å². The van der Waals surface area contributed by atoms with E-state index in [1.807, 2.05) is 36.4 Å². The van der Waals surface area contributed by atoms with Crippen LogP contribution in [0.3, 0.4) is 0 Å². The molecule has 0 aliphatic heterocycles. The minimum atomic E-state index is -0.498. The lowest BCUT2D eigenvalue weighted by Crippen LogP contribution is -2.15. The molecule has 0 fully saturated rings. The number of carbonyl (C=O) groups is 1. The van der Waals surface area contributed by atoms with Crippen LogP contribution in [0.25, 0.3) is 5.69 Å². The topological polar surface area (TPSA) is 93.1 Å². The average Bonchev–Trinajstić information content (AvgIpc) is 3.41. The van der Waals surface area contributed by atoms with Crippen molar-refractivity contribution in [3.8, 4) is 17.5 Å². The zero-order valence-corrected chi connectivity index (χ0v) is 16.3. The maximum atomic E-state index is 12.7. The van der Waals surface area contributed by atoms with Crippen LogP contribution >= 0.6 is 11.6 Å². The van der Waals surface area contributed by atoms with E-state index in [-0.39, 0.29) is 23.7 Å². The summed E-state index contributed by atoms with van der Waals surface area (Å²) in [4.78, 5) is 12.7. The van der Waals surface area contributed by atoms with Gasteiger partial charge in [0, 0.05) is 5.02 Å². The number of amides is 1. The van der Waals surface area contributed by atoms with Crippen molar-refractivity contribution < 1.29 is 13.9 Å². The second kappa shape index (κ2) is 8.55. The zero-order valence-electron chi connectivity index (χ0n) is 15.6. The molecule has 0 saturated heterocycles. The number of rotatable bonds is 6. The summed E-state index contributed by atoms with van der Waals surface area (Å²) in [5.41, 5.74) is 0.954. The molecule has 4 rings (SSSR count). The van der Waals surface area contributed by atoms with Crippen molar-refractivity contribution in [2.75, 3.05) is 5.32 Å². The smallest absolute Gasteiger partial charge is 0.292 e. The molecule has 2 heterocycles. The van der Waals surface area contributed by atoms with Crippen molar-refractivity contribution in [3.63, 3.8) is 0 Å². The van der Waals surface area contributed by atoms with Crippen LogP contribution in [0.2, 0.25) is 5.02 Å². The first-order chi connectivity index (χ1) is 14.6. The first-order valence-electron chi connectivity index (χ1n) is 8.96. The molecule has 0 unspecified atom stereocenters. The highest BCUT2D eigenvalue weighted by atomic mass is 35.5. The molecule has 0 aliphatic carbocycles. The molecule has 2 aromatic carbocycles. The van der Waals surface area contributed by atoms with Crippen LogP contribution in [0.1, 0.15) is 21.9 Å². The molecule has 0 saturated carbocycles. The van der Waals surface area contributed by atoms with Crippen molar-refractivity contribution in [2.24, 2.45) is 0 Å². The lowest BCUT2D eigenvalue weighted by molar-refractivity contribution is 0.0992. The Kier molecular flexibility index (Phi) is 5.50. The molecular weight excluding hydrogens is 404 g/mol. The van der Waals surface area contributed by atoms with Crippen molar-refractivity contribution in [3.05, 3.63) is 95.0 Å². The fourth-order valence-corrected chi connectivity index (χ4v) is 2.87. The summed E-state index contributed by atoms with van der Waals surface area (Å²) in [5, 5.41) is 16.9. The van der Waals surface area contributed by atoms with Crippen LogP contribution in [0.4, 0.5) is 5.82 Å². The summed E-state index contributed by atoms with van der Waals surface area (Å²) in [6, 6.07) is 21.4. The number of carbonyl (C=O) groups excluding carboxylic acids is 1. The van der Waals surface area contributed by atoms with Crippen LogP contribution in [-0.2, 0) is 6.61 Å². The lowest BCUT2D eigenvalue weighted by Gasteiger charge is -2.08. The van der Waals surface area contributed by atoms with Crippen molar-refractivity contribution in [1.82, 2.24) is 9.78 Å². The Morgan fingerprint density at radius 1 is 1.13 bits per heavy atom. The molecule has 0 atom stereocenters. The molecule has 148 valence electrons. The molecule has 1 N–H and O–H groups in total. The molecule has 30 heavy (non-hydrogen) atoms. The van der Waals surface area contributed by atoms with E-state index in [9.17, 15) is 10.1 Å². The Balaban J connectivity index is 1.48. The van der Waals surface area contributed by atoms with Gasteiger partial charge in [-0.1, -0.05) is 29.8 Å². The largest absolute Gasteiger partial charge is 0.486 e. The van der Waals surface area contributed by atoms with Gasteiger partial charge >= 0.3 is 0 Å². The number of halogens is 1. The SMILES string of the molecule is N#Cc1cnn(-c2ccccc2)c1NC(=O)c1ccc(COc2ccc(Cl)cc2)o1. The molecule has 0 aliphatic rings. The average molecular weight is 419 g/mol. The third kappa shape index (κ3) is 4.19. The Hall–Kier alpha value is -4.02. The fourth-order valence-electron chi connectivity index (χ4n) is 2.75. The highest BCUT2D eigenvalue weighted by molar-refractivity contribution is 6.30. The molecule has 0 bridgehead atoms. The van der Waals surface area contributed by atoms with Crippen LogP contribution < -0.4 is 10.1 Å². The Labute approximate surface area is 177 Å². The quantitative estimate of drug-likeness (QED) is 0.484. The summed E-state index contributed by atoms with van der Waals surface area (Å²) in [5.74, 6) is 0.972. The number of aromatic nitrogens is 2. The normalized spacial score (nSPS) is 10.4. The minimum Gasteiger partial charge on any atom is -0.486 e. The van der Waals surface area contributed by atoms with Gasteiger partial charge in [0.25, 0.3) is 5.91 Å². The number of para-hydroxylation sites is 1. The van der Waals surface area contributed by atoms with Gasteiger partial charge in [-0.3, -0.25) is 4.79 Å². The van der Waals surface area contributed by atoms with Crippen LogP contribution in [-0.4, -0.2) is 15.7 Å². The Bertz CT molecular complexity index is 1210. The predicted molar refractivity (Wildman–Crippen MR) is 111 cm³/mol. The van der Waals surface area contributed by atoms with E-state index >= 15 is 0 Å². The van der Waals surface area contributed by atoms with Crippen LogP contribution in [0.5, 0.6) is 5.75 Å². The van der Waals surface area contributed by atoms with E-state index in [0.29, 0.717) is 22.2 Å². The highest BCUT2D eigenvalue weighted by Crippen LogP contribution is 2.22. The molecule has 2 aromatic heterocycles. The maximum absolute atomic E-state index is 12.7. The van der Waals surface area contributed by atoms with Gasteiger partial charge in [0.1, 0.15) is 29.7 Å². The molecule has 7 nitrogen and oxygen atoms in total. The third-order valence-corrected chi connectivity index (χ3v) is 4.45. The molecule has 8 heteroatoms. The number of anilines is 1. The van der Waals surface area contributed by atoms with Crippen molar-refractivity contribution >= 4 is 23.3 Å². The number of nitrogens with zero attached hydrogens (tertiary/aromatic N) is 3. The number of furan rings is 1. The monoisotopic (exact) mass is 418 g/mol. The van der Waals surface area contributed by atoms with E-state index in [0.717, 1.165) is 0 Å². The number of hydrogen-bond donors (Lipinski definition) is 1. The fraction of sp³-hybridized carbons (Fsp3) is 0.0455. The second-order valence-corrected chi connectivity index (χ2v) is 6.67. The summed E-state index contributed by atoms with van der Waals surface area (Å²) in [6.45, 7) is 0.153. The Morgan fingerprint density at radius 2 is 1.90 bits per heavy atom. The highest BCUT2D eigenvalue weighted by Gasteiger charge is 2.18. The maximum Gasteiger partial charge on any atom is 0.292 e. The number of nitrogens with one attached hydrogen (secondary N) is 1. The zero-order chi connectivity index (χ0) is 20.9. The van der Waals surface area contributed by atoms with Crippen LogP contribution in [0.15, 0.2) is 77.3 Å². The van der Waals surface area contributed by atoms with Gasteiger partial charge in [0.15, 0.2) is 11.6 Å². The molecule has 0 radical (unpaired) electrons. The van der Waals surface area contributed by atoms with E-state index in [4.69, 9.17) is 20.8 Å². The van der Waals surface area contributed by atoms with E-state index in [1.54, 1.807) is 36.4 Å². The standard InChI is InChI=1S/C22H15ClN4O3/c23-16-6-8-18(9-7-16)29-14-19-10-11-20(30-19)22(28)26-21-15(12-24)13-25-27(21)17-4-2-1-3-5-17/h1-11,13H,14H2,(H,26,28). The van der Waals surface area contributed by atoms with Gasteiger partial charge < -0.3 is 14.5 Å².